The number of carboxylic acids is 1. The molecule has 0 amide bonds. The molecule has 0 saturated heterocycles. The normalized spacial score (nSPS) is 11.6. The van der Waals surface area contributed by atoms with E-state index in [0.717, 1.165) is 16.8 Å². The lowest BCUT2D eigenvalue weighted by molar-refractivity contribution is -0.144. The van der Waals surface area contributed by atoms with Crippen LogP contribution in [0.4, 0.5) is 5.69 Å². The molecule has 24 heavy (non-hydrogen) atoms. The Labute approximate surface area is 141 Å². The molecule has 2 aromatic rings. The predicted octanol–water partition coefficient (Wildman–Crippen LogP) is 3.35. The van der Waals surface area contributed by atoms with E-state index in [4.69, 9.17) is 9.84 Å². The number of aromatic carboxylic acids is 1. The van der Waals surface area contributed by atoms with Crippen molar-refractivity contribution in [1.82, 2.24) is 0 Å². The maximum absolute atomic E-state index is 11.4. The maximum atomic E-state index is 11.4. The molecule has 2 rings (SSSR count). The molecule has 0 aliphatic rings. The summed E-state index contributed by atoms with van der Waals surface area (Å²) in [4.78, 5) is 22.3. The lowest BCUT2D eigenvalue weighted by Gasteiger charge is -2.11. The summed E-state index contributed by atoms with van der Waals surface area (Å²) in [7, 11) is 1.40. The van der Waals surface area contributed by atoms with E-state index in [1.165, 1.54) is 7.11 Å². The topological polar surface area (TPSA) is 75.6 Å². The van der Waals surface area contributed by atoms with Gasteiger partial charge in [-0.15, -0.1) is 0 Å². The minimum atomic E-state index is -0.925. The van der Waals surface area contributed by atoms with E-state index in [1.54, 1.807) is 24.3 Å². The lowest BCUT2D eigenvalue weighted by Crippen LogP contribution is -2.15. The van der Waals surface area contributed by atoms with Gasteiger partial charge in [0.15, 0.2) is 0 Å². The molecule has 0 bridgehead atoms. The van der Waals surface area contributed by atoms with Crippen LogP contribution in [0, 0.1) is 5.92 Å². The smallest absolute Gasteiger partial charge is 0.335 e. The predicted molar refractivity (Wildman–Crippen MR) is 92.1 cm³/mol. The molecule has 0 fully saturated rings. The summed E-state index contributed by atoms with van der Waals surface area (Å²) in [5.74, 6) is -1.30. The molecular formula is C19H21NO4. The SMILES string of the molecule is COC(=O)C(C)Cc1ccc(NCc2ccc(C(=O)O)cc2)cc1. The van der Waals surface area contributed by atoms with Gasteiger partial charge in [0.25, 0.3) is 0 Å². The standard InChI is InChI=1S/C19H21NO4/c1-13(19(23)24-2)11-14-5-9-17(10-6-14)20-12-15-3-7-16(8-4-15)18(21)22/h3-10,13,20H,11-12H2,1-2H3,(H,21,22). The molecular weight excluding hydrogens is 306 g/mol. The van der Waals surface area contributed by atoms with Crippen molar-refractivity contribution in [3.05, 3.63) is 65.2 Å². The number of esters is 1. The van der Waals surface area contributed by atoms with Gasteiger partial charge in [-0.1, -0.05) is 31.2 Å². The highest BCUT2D eigenvalue weighted by Crippen LogP contribution is 2.15. The number of carbonyl (C=O) groups is 2. The second-order valence-corrected chi connectivity index (χ2v) is 5.68. The highest BCUT2D eigenvalue weighted by Gasteiger charge is 2.13. The number of anilines is 1. The van der Waals surface area contributed by atoms with Crippen LogP contribution in [0.1, 0.15) is 28.4 Å². The molecule has 0 heterocycles. The van der Waals surface area contributed by atoms with Crippen LogP contribution < -0.4 is 5.32 Å². The quantitative estimate of drug-likeness (QED) is 0.763. The van der Waals surface area contributed by atoms with Crippen LogP contribution >= 0.6 is 0 Å². The van der Waals surface area contributed by atoms with Crippen molar-refractivity contribution >= 4 is 17.6 Å². The molecule has 0 saturated carbocycles. The summed E-state index contributed by atoms with van der Waals surface area (Å²) in [6.07, 6.45) is 0.642. The van der Waals surface area contributed by atoms with Gasteiger partial charge in [-0.25, -0.2) is 4.79 Å². The van der Waals surface area contributed by atoms with E-state index in [9.17, 15) is 9.59 Å². The van der Waals surface area contributed by atoms with Crippen molar-refractivity contribution in [2.45, 2.75) is 19.9 Å². The van der Waals surface area contributed by atoms with Crippen LogP contribution in [-0.2, 0) is 22.5 Å². The zero-order chi connectivity index (χ0) is 17.5. The molecule has 0 aliphatic heterocycles. The van der Waals surface area contributed by atoms with Crippen LogP contribution in [0.15, 0.2) is 48.5 Å². The van der Waals surface area contributed by atoms with Crippen molar-refractivity contribution in [3.8, 4) is 0 Å². The summed E-state index contributed by atoms with van der Waals surface area (Å²) >= 11 is 0. The van der Waals surface area contributed by atoms with Crippen LogP contribution in [0.25, 0.3) is 0 Å². The van der Waals surface area contributed by atoms with Crippen molar-refractivity contribution in [3.63, 3.8) is 0 Å². The molecule has 0 radical (unpaired) electrons. The van der Waals surface area contributed by atoms with Gasteiger partial charge in [-0.2, -0.15) is 0 Å². The lowest BCUT2D eigenvalue weighted by atomic mass is 10.0. The zero-order valence-electron chi connectivity index (χ0n) is 13.8. The second-order valence-electron chi connectivity index (χ2n) is 5.68. The Balaban J connectivity index is 1.89. The largest absolute Gasteiger partial charge is 0.478 e. The van der Waals surface area contributed by atoms with E-state index in [1.807, 2.05) is 31.2 Å². The number of rotatable bonds is 7. The molecule has 1 unspecified atom stereocenters. The maximum Gasteiger partial charge on any atom is 0.335 e. The third kappa shape index (κ3) is 4.84. The van der Waals surface area contributed by atoms with Gasteiger partial charge in [-0.3, -0.25) is 4.79 Å². The monoisotopic (exact) mass is 327 g/mol. The summed E-state index contributed by atoms with van der Waals surface area (Å²) in [5.41, 5.74) is 3.32. The summed E-state index contributed by atoms with van der Waals surface area (Å²) in [6.45, 7) is 2.45. The van der Waals surface area contributed by atoms with Gasteiger partial charge >= 0.3 is 11.9 Å². The van der Waals surface area contributed by atoms with Gasteiger partial charge in [0.1, 0.15) is 0 Å². The molecule has 2 N–H and O–H groups in total. The molecule has 0 aromatic heterocycles. The summed E-state index contributed by atoms with van der Waals surface area (Å²) < 4.78 is 4.73. The Hall–Kier alpha value is -2.82. The summed E-state index contributed by atoms with van der Waals surface area (Å²) in [5, 5.41) is 12.2. The first-order valence-electron chi connectivity index (χ1n) is 7.72. The number of hydrogen-bond acceptors (Lipinski definition) is 4. The molecule has 0 spiro atoms. The number of hydrogen-bond donors (Lipinski definition) is 2. The highest BCUT2D eigenvalue weighted by molar-refractivity contribution is 5.87. The van der Waals surface area contributed by atoms with Gasteiger partial charge in [0, 0.05) is 12.2 Å². The first-order valence-corrected chi connectivity index (χ1v) is 7.72. The third-order valence-corrected chi connectivity index (χ3v) is 3.80. The third-order valence-electron chi connectivity index (χ3n) is 3.80. The minimum absolute atomic E-state index is 0.165. The zero-order valence-corrected chi connectivity index (χ0v) is 13.8. The number of ether oxygens (including phenoxy) is 1. The first-order chi connectivity index (χ1) is 11.5. The van der Waals surface area contributed by atoms with E-state index < -0.39 is 5.97 Å². The minimum Gasteiger partial charge on any atom is -0.478 e. The molecule has 5 heteroatoms. The van der Waals surface area contributed by atoms with Crippen LogP contribution in [-0.4, -0.2) is 24.2 Å². The number of benzene rings is 2. The number of carbonyl (C=O) groups excluding carboxylic acids is 1. The van der Waals surface area contributed by atoms with Crippen LogP contribution in [0.3, 0.4) is 0 Å². The van der Waals surface area contributed by atoms with Gasteiger partial charge < -0.3 is 15.2 Å². The highest BCUT2D eigenvalue weighted by atomic mass is 16.5. The average Bonchev–Trinajstić information content (AvgIpc) is 2.60. The summed E-state index contributed by atoms with van der Waals surface area (Å²) in [6, 6.07) is 14.7. The fourth-order valence-corrected chi connectivity index (χ4v) is 2.37. The van der Waals surface area contributed by atoms with Gasteiger partial charge in [-0.05, 0) is 41.8 Å². The Morgan fingerprint density at radius 2 is 1.62 bits per heavy atom. The fourth-order valence-electron chi connectivity index (χ4n) is 2.37. The second kappa shape index (κ2) is 8.15. The van der Waals surface area contributed by atoms with E-state index in [-0.39, 0.29) is 17.5 Å². The Bertz CT molecular complexity index is 692. The molecule has 1 atom stereocenters. The van der Waals surface area contributed by atoms with Gasteiger partial charge in [0.05, 0.1) is 18.6 Å². The first kappa shape index (κ1) is 17.5. The van der Waals surface area contributed by atoms with E-state index in [0.29, 0.717) is 13.0 Å². The Morgan fingerprint density at radius 1 is 1.04 bits per heavy atom. The van der Waals surface area contributed by atoms with Gasteiger partial charge in [0.2, 0.25) is 0 Å². The van der Waals surface area contributed by atoms with Crippen molar-refractivity contribution in [2.24, 2.45) is 5.92 Å². The van der Waals surface area contributed by atoms with E-state index >= 15 is 0 Å². The number of methoxy groups -OCH3 is 1. The Kier molecular flexibility index (Phi) is 5.95. The van der Waals surface area contributed by atoms with Crippen LogP contribution in [0.5, 0.6) is 0 Å². The molecule has 126 valence electrons. The fraction of sp³-hybridized carbons (Fsp3) is 0.263. The molecule has 5 nitrogen and oxygen atoms in total. The van der Waals surface area contributed by atoms with Crippen LogP contribution in [0.2, 0.25) is 0 Å². The van der Waals surface area contributed by atoms with Crippen molar-refractivity contribution in [2.75, 3.05) is 12.4 Å². The van der Waals surface area contributed by atoms with E-state index in [2.05, 4.69) is 5.32 Å². The van der Waals surface area contributed by atoms with Crippen molar-refractivity contribution < 1.29 is 19.4 Å². The average molecular weight is 327 g/mol. The molecule has 0 aliphatic carbocycles. The van der Waals surface area contributed by atoms with Crippen molar-refractivity contribution in [1.29, 1.82) is 0 Å². The Morgan fingerprint density at radius 3 is 2.17 bits per heavy atom. The number of nitrogens with one attached hydrogen (secondary N) is 1. The molecule has 2 aromatic carbocycles. The number of carboxylic acid groups (broad SMARTS) is 1.